The van der Waals surface area contributed by atoms with E-state index in [4.69, 9.17) is 5.73 Å². The summed E-state index contributed by atoms with van der Waals surface area (Å²) in [7, 11) is 0. The van der Waals surface area contributed by atoms with Crippen LogP contribution < -0.4 is 16.4 Å². The van der Waals surface area contributed by atoms with Crippen molar-refractivity contribution in [3.8, 4) is 0 Å². The minimum atomic E-state index is -0.269. The molecule has 0 bridgehead atoms. The van der Waals surface area contributed by atoms with Crippen LogP contribution in [0.5, 0.6) is 0 Å². The fourth-order valence-electron chi connectivity index (χ4n) is 1.91. The lowest BCUT2D eigenvalue weighted by Crippen LogP contribution is -2.19. The van der Waals surface area contributed by atoms with Gasteiger partial charge in [0.25, 0.3) is 0 Å². The predicted octanol–water partition coefficient (Wildman–Crippen LogP) is 3.53. The Balaban J connectivity index is 2.03. The summed E-state index contributed by atoms with van der Waals surface area (Å²) in [4.78, 5) is 11.8. The van der Waals surface area contributed by atoms with Crippen molar-refractivity contribution >= 4 is 23.1 Å². The van der Waals surface area contributed by atoms with Crippen LogP contribution >= 0.6 is 0 Å². The monoisotopic (exact) mass is 255 g/mol. The quantitative estimate of drug-likeness (QED) is 0.719. The van der Waals surface area contributed by atoms with Crippen molar-refractivity contribution < 1.29 is 4.79 Å². The van der Waals surface area contributed by atoms with E-state index in [1.807, 2.05) is 26.0 Å². The lowest BCUT2D eigenvalue weighted by atomic mass is 10.1. The summed E-state index contributed by atoms with van der Waals surface area (Å²) < 4.78 is 0. The van der Waals surface area contributed by atoms with Gasteiger partial charge in [-0.2, -0.15) is 0 Å². The molecule has 0 atom stereocenters. The molecule has 0 radical (unpaired) electrons. The lowest BCUT2D eigenvalue weighted by Gasteiger charge is -2.09. The Morgan fingerprint density at radius 3 is 2.00 bits per heavy atom. The number of aryl methyl sites for hydroxylation is 2. The van der Waals surface area contributed by atoms with E-state index >= 15 is 0 Å². The van der Waals surface area contributed by atoms with Crippen LogP contribution in [0.4, 0.5) is 21.9 Å². The summed E-state index contributed by atoms with van der Waals surface area (Å²) in [6.45, 7) is 3.99. The highest BCUT2D eigenvalue weighted by atomic mass is 16.2. The second-order valence-corrected chi connectivity index (χ2v) is 4.58. The van der Waals surface area contributed by atoms with Gasteiger partial charge >= 0.3 is 6.03 Å². The summed E-state index contributed by atoms with van der Waals surface area (Å²) in [5, 5.41) is 5.56. The average Bonchev–Trinajstić information content (AvgIpc) is 2.30. The van der Waals surface area contributed by atoms with Crippen LogP contribution in [0, 0.1) is 13.8 Å². The summed E-state index contributed by atoms with van der Waals surface area (Å²) in [5.74, 6) is 0. The van der Waals surface area contributed by atoms with Gasteiger partial charge in [-0.15, -0.1) is 0 Å². The van der Waals surface area contributed by atoms with Gasteiger partial charge in [0.05, 0.1) is 0 Å². The second-order valence-electron chi connectivity index (χ2n) is 4.58. The molecular formula is C15H17N3O. The molecule has 0 aromatic heterocycles. The number of benzene rings is 2. The Kier molecular flexibility index (Phi) is 3.71. The molecule has 0 heterocycles. The van der Waals surface area contributed by atoms with Gasteiger partial charge in [0.2, 0.25) is 0 Å². The number of hydrogen-bond donors (Lipinski definition) is 3. The summed E-state index contributed by atoms with van der Waals surface area (Å²) in [6.07, 6.45) is 0. The maximum atomic E-state index is 11.8. The molecule has 4 nitrogen and oxygen atoms in total. The zero-order chi connectivity index (χ0) is 13.8. The molecule has 2 aromatic rings. The van der Waals surface area contributed by atoms with Crippen LogP contribution in [0.25, 0.3) is 0 Å². The molecule has 2 rings (SSSR count). The molecule has 98 valence electrons. The second kappa shape index (κ2) is 5.44. The Hall–Kier alpha value is -2.49. The van der Waals surface area contributed by atoms with Crippen LogP contribution in [0.15, 0.2) is 42.5 Å². The first-order valence-electron chi connectivity index (χ1n) is 6.05. The molecule has 0 fully saturated rings. The highest BCUT2D eigenvalue weighted by Crippen LogP contribution is 2.15. The molecule has 2 amide bonds. The lowest BCUT2D eigenvalue weighted by molar-refractivity contribution is 0.262. The molecule has 4 heteroatoms. The Morgan fingerprint density at radius 1 is 0.895 bits per heavy atom. The van der Waals surface area contributed by atoms with Gasteiger partial charge in [0, 0.05) is 17.1 Å². The van der Waals surface area contributed by atoms with Crippen molar-refractivity contribution in [2.45, 2.75) is 13.8 Å². The van der Waals surface area contributed by atoms with Crippen molar-refractivity contribution in [3.05, 3.63) is 53.6 Å². The van der Waals surface area contributed by atoms with Gasteiger partial charge in [-0.25, -0.2) is 4.79 Å². The fraction of sp³-hybridized carbons (Fsp3) is 0.133. The highest BCUT2D eigenvalue weighted by molar-refractivity contribution is 5.99. The third-order valence-electron chi connectivity index (χ3n) is 2.65. The molecule has 4 N–H and O–H groups in total. The molecule has 0 aliphatic carbocycles. The number of amides is 2. The molecule has 0 aliphatic heterocycles. The maximum absolute atomic E-state index is 11.8. The van der Waals surface area contributed by atoms with E-state index in [1.165, 1.54) is 0 Å². The maximum Gasteiger partial charge on any atom is 0.323 e. The van der Waals surface area contributed by atoms with Crippen LogP contribution in [-0.4, -0.2) is 6.03 Å². The van der Waals surface area contributed by atoms with E-state index in [0.717, 1.165) is 16.8 Å². The van der Waals surface area contributed by atoms with Gasteiger partial charge in [0.15, 0.2) is 0 Å². The molecule has 2 aromatic carbocycles. The van der Waals surface area contributed by atoms with Gasteiger partial charge < -0.3 is 16.4 Å². The molecule has 0 unspecified atom stereocenters. The first kappa shape index (κ1) is 13.0. The number of carbonyl (C=O) groups excluding carboxylic acids is 1. The Morgan fingerprint density at radius 2 is 1.42 bits per heavy atom. The number of nitrogens with two attached hydrogens (primary N) is 1. The molecule has 0 saturated heterocycles. The van der Waals surface area contributed by atoms with Gasteiger partial charge in [-0.1, -0.05) is 6.07 Å². The smallest absolute Gasteiger partial charge is 0.323 e. The van der Waals surface area contributed by atoms with Crippen LogP contribution in [0.2, 0.25) is 0 Å². The third kappa shape index (κ3) is 3.74. The number of nitrogen functional groups attached to an aromatic ring is 1. The molecular weight excluding hydrogens is 238 g/mol. The van der Waals surface area contributed by atoms with E-state index in [2.05, 4.69) is 16.7 Å². The normalized spacial score (nSPS) is 10.0. The van der Waals surface area contributed by atoms with E-state index in [0.29, 0.717) is 11.4 Å². The van der Waals surface area contributed by atoms with E-state index < -0.39 is 0 Å². The minimum Gasteiger partial charge on any atom is -0.399 e. The van der Waals surface area contributed by atoms with Crippen molar-refractivity contribution in [2.75, 3.05) is 16.4 Å². The Bertz CT molecular complexity index is 571. The van der Waals surface area contributed by atoms with Gasteiger partial charge in [-0.3, -0.25) is 0 Å². The number of urea groups is 1. The van der Waals surface area contributed by atoms with E-state index in [9.17, 15) is 4.79 Å². The van der Waals surface area contributed by atoms with E-state index in [1.54, 1.807) is 24.3 Å². The third-order valence-corrected chi connectivity index (χ3v) is 2.65. The largest absolute Gasteiger partial charge is 0.399 e. The standard InChI is InChI=1S/C15H17N3O/c1-10-7-11(2)9-14(8-10)18-15(19)17-13-5-3-12(16)4-6-13/h3-9H,16H2,1-2H3,(H2,17,18,19). The van der Waals surface area contributed by atoms with Crippen molar-refractivity contribution in [3.63, 3.8) is 0 Å². The van der Waals surface area contributed by atoms with Crippen LogP contribution in [0.3, 0.4) is 0 Å². The number of anilines is 3. The summed E-state index contributed by atoms with van der Waals surface area (Å²) in [5.41, 5.74) is 9.97. The highest BCUT2D eigenvalue weighted by Gasteiger charge is 2.03. The number of rotatable bonds is 2. The van der Waals surface area contributed by atoms with E-state index in [-0.39, 0.29) is 6.03 Å². The summed E-state index contributed by atoms with van der Waals surface area (Å²) in [6, 6.07) is 12.6. The number of hydrogen-bond acceptors (Lipinski definition) is 2. The SMILES string of the molecule is Cc1cc(C)cc(NC(=O)Nc2ccc(N)cc2)c1. The van der Waals surface area contributed by atoms with Crippen LogP contribution in [-0.2, 0) is 0 Å². The van der Waals surface area contributed by atoms with Crippen LogP contribution in [0.1, 0.15) is 11.1 Å². The molecule has 0 aliphatic rings. The van der Waals surface area contributed by atoms with Crippen molar-refractivity contribution in [2.24, 2.45) is 0 Å². The zero-order valence-electron chi connectivity index (χ0n) is 11.0. The molecule has 0 spiro atoms. The summed E-state index contributed by atoms with van der Waals surface area (Å²) >= 11 is 0. The number of carbonyl (C=O) groups is 1. The first-order valence-corrected chi connectivity index (χ1v) is 6.05. The van der Waals surface area contributed by atoms with Crippen molar-refractivity contribution in [1.29, 1.82) is 0 Å². The van der Waals surface area contributed by atoms with Crippen molar-refractivity contribution in [1.82, 2.24) is 0 Å². The fourth-order valence-corrected chi connectivity index (χ4v) is 1.91. The minimum absolute atomic E-state index is 0.269. The Labute approximate surface area is 112 Å². The van der Waals surface area contributed by atoms with Gasteiger partial charge in [-0.05, 0) is 61.4 Å². The first-order chi connectivity index (χ1) is 9.02. The topological polar surface area (TPSA) is 67.2 Å². The molecule has 19 heavy (non-hydrogen) atoms. The number of nitrogens with one attached hydrogen (secondary N) is 2. The average molecular weight is 255 g/mol. The zero-order valence-corrected chi connectivity index (χ0v) is 11.0. The van der Waals surface area contributed by atoms with Gasteiger partial charge in [0.1, 0.15) is 0 Å². The molecule has 0 saturated carbocycles. The predicted molar refractivity (Wildman–Crippen MR) is 79.4 cm³/mol.